The fourth-order valence-electron chi connectivity index (χ4n) is 4.08. The molecule has 0 spiro atoms. The molecule has 3 aromatic carbocycles. The van der Waals surface area contributed by atoms with Gasteiger partial charge in [-0.05, 0) is 72.2 Å². The van der Waals surface area contributed by atoms with Crippen LogP contribution in [0.4, 0.5) is 0 Å². The Bertz CT molecular complexity index is 1880. The maximum Gasteiger partial charge on any atom is 0.347 e. The summed E-state index contributed by atoms with van der Waals surface area (Å²) in [6, 6.07) is 15.5. The molecule has 9 nitrogen and oxygen atoms in total. The molecule has 0 saturated carbocycles. The third-order valence-corrected chi connectivity index (χ3v) is 7.73. The number of furan rings is 1. The maximum atomic E-state index is 13.6. The number of hydrogen-bond acceptors (Lipinski definition) is 8. The Morgan fingerprint density at radius 1 is 1.20 bits per heavy atom. The number of methoxy groups -OCH3 is 1. The Hall–Kier alpha value is -3.86. The summed E-state index contributed by atoms with van der Waals surface area (Å²) in [7, 11) is 1.44. The van der Waals surface area contributed by atoms with Crippen LogP contribution in [0.5, 0.6) is 11.5 Å². The predicted octanol–water partition coefficient (Wildman–Crippen LogP) is 7.10. The summed E-state index contributed by atoms with van der Waals surface area (Å²) in [5.41, 5.74) is 1.12. The van der Waals surface area contributed by atoms with Gasteiger partial charge in [0.2, 0.25) is 5.82 Å². The van der Waals surface area contributed by atoms with E-state index in [-0.39, 0.29) is 29.0 Å². The molecule has 41 heavy (non-hydrogen) atoms. The molecule has 1 atom stereocenters. The highest BCUT2D eigenvalue weighted by atomic mass is 79.9. The molecule has 0 aliphatic rings. The summed E-state index contributed by atoms with van der Waals surface area (Å²) in [5, 5.41) is 6.29. The highest BCUT2D eigenvalue weighted by molar-refractivity contribution is 9.10. The largest absolute Gasteiger partial charge is 0.493 e. The van der Waals surface area contributed by atoms with Crippen molar-refractivity contribution in [3.8, 4) is 23.1 Å². The molecule has 0 amide bonds. The molecule has 12 heteroatoms. The first-order valence-corrected chi connectivity index (χ1v) is 13.9. The minimum absolute atomic E-state index is 0.139. The van der Waals surface area contributed by atoms with E-state index < -0.39 is 17.6 Å². The Morgan fingerprint density at radius 2 is 1.98 bits per heavy atom. The van der Waals surface area contributed by atoms with Crippen molar-refractivity contribution in [2.45, 2.75) is 20.0 Å². The van der Waals surface area contributed by atoms with E-state index in [9.17, 15) is 9.59 Å². The minimum Gasteiger partial charge on any atom is -0.493 e. The highest BCUT2D eigenvalue weighted by Crippen LogP contribution is 2.42. The molecule has 0 bridgehead atoms. The molecular weight excluding hydrogens is 637 g/mol. The van der Waals surface area contributed by atoms with E-state index in [2.05, 4.69) is 26.0 Å². The average Bonchev–Trinajstić information content (AvgIpc) is 3.39. The Morgan fingerprint density at radius 3 is 2.73 bits per heavy atom. The molecule has 0 aliphatic carbocycles. The summed E-state index contributed by atoms with van der Waals surface area (Å²) in [6.45, 7) is 3.46. The van der Waals surface area contributed by atoms with Crippen LogP contribution in [0.2, 0.25) is 10.0 Å². The van der Waals surface area contributed by atoms with Gasteiger partial charge in [-0.2, -0.15) is 9.78 Å². The van der Waals surface area contributed by atoms with Crippen molar-refractivity contribution in [2.24, 2.45) is 5.10 Å². The third kappa shape index (κ3) is 5.68. The van der Waals surface area contributed by atoms with E-state index in [1.54, 1.807) is 68.4 Å². The lowest BCUT2D eigenvalue weighted by Gasteiger charge is -2.18. The van der Waals surface area contributed by atoms with Gasteiger partial charge < -0.3 is 18.6 Å². The molecule has 0 radical (unpaired) electrons. The van der Waals surface area contributed by atoms with Crippen molar-refractivity contribution < 1.29 is 23.4 Å². The standard InChI is InChI=1S/C29H22BrCl2N3O6/c1-4-39-29(37)15(2)40-26-22(38-3)13-17(24(30)25(26)32)14-33-35-27(34-20-8-6-5-7-19(20)28(35)36)23-12-16-11-18(31)9-10-21(16)41-23/h5-15H,4H2,1-3H3/t15-/m0/s1. The first-order valence-electron chi connectivity index (χ1n) is 12.4. The van der Waals surface area contributed by atoms with E-state index in [1.165, 1.54) is 13.3 Å². The van der Waals surface area contributed by atoms with Gasteiger partial charge in [0.25, 0.3) is 5.56 Å². The number of fused-ring (bicyclic) bond motifs is 2. The molecule has 5 aromatic rings. The highest BCUT2D eigenvalue weighted by Gasteiger charge is 2.23. The van der Waals surface area contributed by atoms with Crippen LogP contribution in [0.3, 0.4) is 0 Å². The Balaban J connectivity index is 1.62. The zero-order valence-electron chi connectivity index (χ0n) is 22.0. The van der Waals surface area contributed by atoms with Crippen LogP contribution >= 0.6 is 39.1 Å². The van der Waals surface area contributed by atoms with Crippen LogP contribution in [0, 0.1) is 0 Å². The summed E-state index contributed by atoms with van der Waals surface area (Å²) >= 11 is 16.2. The fourth-order valence-corrected chi connectivity index (χ4v) is 4.90. The van der Waals surface area contributed by atoms with Gasteiger partial charge in [-0.3, -0.25) is 4.79 Å². The molecule has 0 fully saturated rings. The van der Waals surface area contributed by atoms with E-state index >= 15 is 0 Å². The first-order chi connectivity index (χ1) is 19.7. The number of esters is 1. The van der Waals surface area contributed by atoms with Crippen molar-refractivity contribution in [3.05, 3.63) is 85.0 Å². The lowest BCUT2D eigenvalue weighted by molar-refractivity contribution is -0.150. The van der Waals surface area contributed by atoms with Gasteiger partial charge >= 0.3 is 5.97 Å². The number of carbonyl (C=O) groups excluding carboxylic acids is 1. The number of ether oxygens (including phenoxy) is 3. The number of hydrogen-bond donors (Lipinski definition) is 0. The van der Waals surface area contributed by atoms with Crippen LogP contribution < -0.4 is 15.0 Å². The molecule has 5 rings (SSSR count). The Labute approximate surface area is 252 Å². The number of rotatable bonds is 8. The Kier molecular flexibility index (Phi) is 8.35. The molecule has 0 aliphatic heterocycles. The van der Waals surface area contributed by atoms with E-state index in [1.807, 2.05) is 0 Å². The molecule has 0 unspecified atom stereocenters. The minimum atomic E-state index is -0.934. The molecule has 2 aromatic heterocycles. The van der Waals surface area contributed by atoms with Crippen LogP contribution in [0.25, 0.3) is 33.5 Å². The SMILES string of the molecule is CCOC(=O)[C@H](C)Oc1c(OC)cc(C=Nn2c(-c3cc4cc(Cl)ccc4o3)nc3ccccc3c2=O)c(Br)c1Cl. The van der Waals surface area contributed by atoms with E-state index in [0.29, 0.717) is 37.3 Å². The predicted molar refractivity (Wildman–Crippen MR) is 162 cm³/mol. The smallest absolute Gasteiger partial charge is 0.347 e. The quantitative estimate of drug-likeness (QED) is 0.129. The normalized spacial score (nSPS) is 12.2. The molecule has 0 saturated heterocycles. The maximum absolute atomic E-state index is 13.6. The summed E-state index contributed by atoms with van der Waals surface area (Å²) in [5.74, 6) is 0.360. The lowest BCUT2D eigenvalue weighted by atomic mass is 10.2. The van der Waals surface area contributed by atoms with Crippen molar-refractivity contribution in [1.29, 1.82) is 0 Å². The van der Waals surface area contributed by atoms with Gasteiger partial charge in [0, 0.05) is 20.4 Å². The van der Waals surface area contributed by atoms with E-state index in [0.717, 1.165) is 10.1 Å². The third-order valence-electron chi connectivity index (χ3n) is 6.05. The number of benzene rings is 3. The monoisotopic (exact) mass is 657 g/mol. The molecular formula is C29H22BrCl2N3O6. The van der Waals surface area contributed by atoms with Gasteiger partial charge in [-0.25, -0.2) is 9.78 Å². The zero-order chi connectivity index (χ0) is 29.3. The van der Waals surface area contributed by atoms with E-state index in [4.69, 9.17) is 41.8 Å². The van der Waals surface area contributed by atoms with Crippen molar-refractivity contribution in [3.63, 3.8) is 0 Å². The van der Waals surface area contributed by atoms with Gasteiger partial charge in [0.05, 0.1) is 30.8 Å². The van der Waals surface area contributed by atoms with Crippen molar-refractivity contribution in [1.82, 2.24) is 9.66 Å². The fraction of sp³-hybridized carbons (Fsp3) is 0.172. The second-order valence-electron chi connectivity index (χ2n) is 8.74. The van der Waals surface area contributed by atoms with Gasteiger partial charge in [0.15, 0.2) is 23.4 Å². The molecule has 210 valence electrons. The second-order valence-corrected chi connectivity index (χ2v) is 10.4. The summed E-state index contributed by atoms with van der Waals surface area (Å²) < 4.78 is 23.8. The van der Waals surface area contributed by atoms with Crippen LogP contribution in [-0.2, 0) is 9.53 Å². The topological polar surface area (TPSA) is 105 Å². The lowest BCUT2D eigenvalue weighted by Crippen LogP contribution is -2.26. The summed E-state index contributed by atoms with van der Waals surface area (Å²) in [6.07, 6.45) is 0.494. The average molecular weight is 659 g/mol. The molecule has 2 heterocycles. The first kappa shape index (κ1) is 28.7. The number of carbonyl (C=O) groups is 1. The van der Waals surface area contributed by atoms with Crippen LogP contribution in [0.15, 0.2) is 73.4 Å². The van der Waals surface area contributed by atoms with Crippen LogP contribution in [-0.4, -0.2) is 41.7 Å². The van der Waals surface area contributed by atoms with Crippen LogP contribution in [0.1, 0.15) is 19.4 Å². The van der Waals surface area contributed by atoms with Gasteiger partial charge in [0.1, 0.15) is 10.6 Å². The number of halogens is 3. The molecule has 0 N–H and O–H groups in total. The van der Waals surface area contributed by atoms with Gasteiger partial charge in [-0.1, -0.05) is 35.3 Å². The zero-order valence-corrected chi connectivity index (χ0v) is 25.1. The second kappa shape index (κ2) is 11.9. The summed E-state index contributed by atoms with van der Waals surface area (Å²) in [4.78, 5) is 30.4. The number of nitrogens with zero attached hydrogens (tertiary/aromatic N) is 3. The number of aromatic nitrogens is 2. The van der Waals surface area contributed by atoms with Crippen molar-refractivity contribution in [2.75, 3.05) is 13.7 Å². The number of para-hydroxylation sites is 1. The van der Waals surface area contributed by atoms with Gasteiger partial charge in [-0.15, -0.1) is 0 Å². The van der Waals surface area contributed by atoms with Crippen molar-refractivity contribution >= 4 is 73.2 Å².